The molecule has 128 valence electrons. The van der Waals surface area contributed by atoms with Crippen LogP contribution in [0.25, 0.3) is 0 Å². The molecule has 3 aromatic carbocycles. The number of hydrogen-bond donors (Lipinski definition) is 1. The van der Waals surface area contributed by atoms with Gasteiger partial charge in [-0.05, 0) is 35.7 Å². The molecule has 26 heavy (non-hydrogen) atoms. The minimum Gasteiger partial charge on any atom is -0.497 e. The first-order chi connectivity index (χ1) is 12.6. The molecule has 4 heteroatoms. The summed E-state index contributed by atoms with van der Waals surface area (Å²) in [6.07, 6.45) is 0.576. The van der Waals surface area contributed by atoms with Gasteiger partial charge < -0.3 is 10.5 Å². The second-order valence-electron chi connectivity index (χ2n) is 6.29. The molecule has 0 spiro atoms. The lowest BCUT2D eigenvalue weighted by Crippen LogP contribution is -2.23. The molecule has 0 radical (unpaired) electrons. The summed E-state index contributed by atoms with van der Waals surface area (Å²) in [6.45, 7) is 0. The van der Waals surface area contributed by atoms with Crippen LogP contribution < -0.4 is 10.5 Å². The van der Waals surface area contributed by atoms with Gasteiger partial charge in [0.05, 0.1) is 12.7 Å². The zero-order valence-electron chi connectivity index (χ0n) is 14.3. The molecule has 0 heterocycles. The molecule has 0 aromatic heterocycles. The number of rotatable bonds is 3. The molecule has 0 saturated carbocycles. The maximum Gasteiger partial charge on any atom is 0.196 e. The Balaban J connectivity index is 1.76. The number of carbonyl (C=O) groups excluding carboxylic acids is 2. The Morgan fingerprint density at radius 3 is 2.12 bits per heavy atom. The van der Waals surface area contributed by atoms with Crippen LogP contribution >= 0.6 is 0 Å². The summed E-state index contributed by atoms with van der Waals surface area (Å²) in [7, 11) is 1.62. The summed E-state index contributed by atoms with van der Waals surface area (Å²) in [5.74, 6) is 0.437. The van der Waals surface area contributed by atoms with E-state index in [1.54, 1.807) is 37.4 Å². The lowest BCUT2D eigenvalue weighted by Gasteiger charge is -2.20. The molecule has 0 bridgehead atoms. The van der Waals surface area contributed by atoms with Gasteiger partial charge >= 0.3 is 0 Å². The van der Waals surface area contributed by atoms with Crippen LogP contribution in [0, 0.1) is 0 Å². The third-order valence-electron chi connectivity index (χ3n) is 4.78. The Morgan fingerprint density at radius 2 is 1.46 bits per heavy atom. The van der Waals surface area contributed by atoms with E-state index < -0.39 is 0 Å². The number of methoxy groups -OCH3 is 1. The summed E-state index contributed by atoms with van der Waals surface area (Å²) in [6, 6.07) is 18.1. The molecular weight excluding hydrogens is 326 g/mol. The van der Waals surface area contributed by atoms with Gasteiger partial charge in [0.25, 0.3) is 0 Å². The second kappa shape index (κ2) is 6.15. The molecule has 0 aliphatic heterocycles. The predicted octanol–water partition coefficient (Wildman–Crippen LogP) is 3.64. The van der Waals surface area contributed by atoms with Crippen molar-refractivity contribution in [2.75, 3.05) is 12.8 Å². The Labute approximate surface area is 151 Å². The van der Waals surface area contributed by atoms with E-state index in [0.29, 0.717) is 34.4 Å². The standard InChI is InChI=1S/C22H17NO3/c1-26-15-9-6-13(7-10-15)12-14-8-11-18-19(20(14)23)22(25)17-5-3-2-4-16(17)21(18)24/h2-11H,12,23H2,1H3. The monoisotopic (exact) mass is 343 g/mol. The van der Waals surface area contributed by atoms with E-state index in [4.69, 9.17) is 10.5 Å². The molecular formula is C22H17NO3. The Kier molecular flexibility index (Phi) is 3.81. The largest absolute Gasteiger partial charge is 0.497 e. The average Bonchev–Trinajstić information content (AvgIpc) is 2.68. The van der Waals surface area contributed by atoms with Gasteiger partial charge in [-0.25, -0.2) is 0 Å². The molecule has 0 saturated heterocycles. The number of anilines is 1. The van der Waals surface area contributed by atoms with Crippen LogP contribution in [0.2, 0.25) is 0 Å². The van der Waals surface area contributed by atoms with Gasteiger partial charge in [0.15, 0.2) is 11.6 Å². The maximum absolute atomic E-state index is 12.9. The van der Waals surface area contributed by atoms with Gasteiger partial charge in [0, 0.05) is 22.4 Å². The number of ether oxygens (including phenoxy) is 1. The van der Waals surface area contributed by atoms with Crippen molar-refractivity contribution in [1.82, 2.24) is 0 Å². The Hall–Kier alpha value is -3.40. The molecule has 1 aliphatic carbocycles. The predicted molar refractivity (Wildman–Crippen MR) is 100.0 cm³/mol. The molecule has 0 fully saturated rings. The van der Waals surface area contributed by atoms with Crippen molar-refractivity contribution in [1.29, 1.82) is 0 Å². The van der Waals surface area contributed by atoms with Crippen LogP contribution in [-0.2, 0) is 6.42 Å². The third kappa shape index (κ3) is 2.47. The van der Waals surface area contributed by atoms with Crippen molar-refractivity contribution >= 4 is 17.3 Å². The van der Waals surface area contributed by atoms with E-state index in [1.807, 2.05) is 30.3 Å². The molecule has 4 rings (SSSR count). The molecule has 2 N–H and O–H groups in total. The lowest BCUT2D eigenvalue weighted by atomic mass is 9.81. The van der Waals surface area contributed by atoms with Gasteiger partial charge in [-0.2, -0.15) is 0 Å². The zero-order chi connectivity index (χ0) is 18.3. The highest BCUT2D eigenvalue weighted by molar-refractivity contribution is 6.30. The van der Waals surface area contributed by atoms with E-state index in [2.05, 4.69) is 0 Å². The van der Waals surface area contributed by atoms with Crippen LogP contribution in [0.3, 0.4) is 0 Å². The molecule has 3 aromatic rings. The fourth-order valence-electron chi connectivity index (χ4n) is 3.37. The maximum atomic E-state index is 12.9. The van der Waals surface area contributed by atoms with E-state index in [0.717, 1.165) is 16.9 Å². The van der Waals surface area contributed by atoms with Crippen LogP contribution in [0.1, 0.15) is 43.0 Å². The molecule has 0 amide bonds. The molecule has 4 nitrogen and oxygen atoms in total. The number of benzene rings is 3. The first-order valence-electron chi connectivity index (χ1n) is 8.33. The van der Waals surface area contributed by atoms with Gasteiger partial charge in [0.1, 0.15) is 5.75 Å². The van der Waals surface area contributed by atoms with Crippen molar-refractivity contribution in [2.45, 2.75) is 6.42 Å². The zero-order valence-corrected chi connectivity index (χ0v) is 14.3. The van der Waals surface area contributed by atoms with Gasteiger partial charge in [-0.3, -0.25) is 9.59 Å². The third-order valence-corrected chi connectivity index (χ3v) is 4.78. The number of carbonyl (C=O) groups is 2. The molecule has 0 atom stereocenters. The normalized spacial score (nSPS) is 12.5. The van der Waals surface area contributed by atoms with Crippen LogP contribution in [0.15, 0.2) is 60.7 Å². The summed E-state index contributed by atoms with van der Waals surface area (Å²) >= 11 is 0. The van der Waals surface area contributed by atoms with E-state index in [1.165, 1.54) is 0 Å². The summed E-state index contributed by atoms with van der Waals surface area (Å²) in [5.41, 5.74) is 10.1. The van der Waals surface area contributed by atoms with Crippen LogP contribution in [-0.4, -0.2) is 18.7 Å². The second-order valence-corrected chi connectivity index (χ2v) is 6.29. The van der Waals surface area contributed by atoms with E-state index in [9.17, 15) is 9.59 Å². The minimum absolute atomic E-state index is 0.155. The topological polar surface area (TPSA) is 69.4 Å². The van der Waals surface area contributed by atoms with Crippen molar-refractivity contribution < 1.29 is 14.3 Å². The smallest absolute Gasteiger partial charge is 0.196 e. The quantitative estimate of drug-likeness (QED) is 0.577. The Bertz CT molecular complexity index is 1040. The first kappa shape index (κ1) is 16.1. The number of hydrogen-bond acceptors (Lipinski definition) is 4. The van der Waals surface area contributed by atoms with Crippen LogP contribution in [0.4, 0.5) is 5.69 Å². The van der Waals surface area contributed by atoms with Gasteiger partial charge in [-0.15, -0.1) is 0 Å². The molecule has 1 aliphatic rings. The highest BCUT2D eigenvalue weighted by Gasteiger charge is 2.31. The molecule has 0 unspecified atom stereocenters. The average molecular weight is 343 g/mol. The van der Waals surface area contributed by atoms with E-state index in [-0.39, 0.29) is 11.6 Å². The van der Waals surface area contributed by atoms with Crippen LogP contribution in [0.5, 0.6) is 5.75 Å². The first-order valence-corrected chi connectivity index (χ1v) is 8.33. The highest BCUT2D eigenvalue weighted by Crippen LogP contribution is 2.33. The van der Waals surface area contributed by atoms with Crippen molar-refractivity contribution in [2.24, 2.45) is 0 Å². The lowest BCUT2D eigenvalue weighted by molar-refractivity contribution is 0.0979. The van der Waals surface area contributed by atoms with Crippen molar-refractivity contribution in [3.8, 4) is 5.75 Å². The van der Waals surface area contributed by atoms with Crippen molar-refractivity contribution in [3.63, 3.8) is 0 Å². The fourth-order valence-corrected chi connectivity index (χ4v) is 3.37. The number of ketones is 2. The summed E-state index contributed by atoms with van der Waals surface area (Å²) in [5, 5.41) is 0. The SMILES string of the molecule is COc1ccc(Cc2ccc3c(c2N)C(=O)c2ccccc2C3=O)cc1. The number of fused-ring (bicyclic) bond motifs is 2. The number of nitrogens with two attached hydrogens (primary N) is 1. The van der Waals surface area contributed by atoms with Gasteiger partial charge in [-0.1, -0.05) is 42.5 Å². The highest BCUT2D eigenvalue weighted by atomic mass is 16.5. The number of nitrogen functional groups attached to an aromatic ring is 1. The minimum atomic E-state index is -0.190. The summed E-state index contributed by atoms with van der Waals surface area (Å²) < 4.78 is 5.17. The van der Waals surface area contributed by atoms with Crippen molar-refractivity contribution in [3.05, 3.63) is 94.0 Å². The van der Waals surface area contributed by atoms with Gasteiger partial charge in [0.2, 0.25) is 0 Å². The summed E-state index contributed by atoms with van der Waals surface area (Å²) in [4.78, 5) is 25.6. The Morgan fingerprint density at radius 1 is 0.808 bits per heavy atom. The van der Waals surface area contributed by atoms with E-state index >= 15 is 0 Å². The fraction of sp³-hybridized carbons (Fsp3) is 0.0909.